The van der Waals surface area contributed by atoms with Crippen molar-refractivity contribution in [3.63, 3.8) is 0 Å². The molecule has 2 heterocycles. The van der Waals surface area contributed by atoms with Crippen LogP contribution in [0.5, 0.6) is 0 Å². The van der Waals surface area contributed by atoms with Crippen LogP contribution in [0.4, 0.5) is 0 Å². The lowest BCUT2D eigenvalue weighted by Crippen LogP contribution is -2.23. The molecule has 4 rings (SSSR count). The molecule has 2 aliphatic heterocycles. The highest BCUT2D eigenvalue weighted by Crippen LogP contribution is 2.53. The number of rotatable bonds is 1. The maximum Gasteiger partial charge on any atom is 0.138 e. The Morgan fingerprint density at radius 1 is 0.944 bits per heavy atom. The zero-order valence-corrected chi connectivity index (χ0v) is 10.3. The van der Waals surface area contributed by atoms with Crippen LogP contribution in [0.3, 0.4) is 0 Å². The van der Waals surface area contributed by atoms with Gasteiger partial charge < -0.3 is 4.74 Å². The summed E-state index contributed by atoms with van der Waals surface area (Å²) in [4.78, 5) is 0. The topological polar surface area (TPSA) is 9.23 Å². The SMILES string of the molecule is Cc1ccccc1[C@]12C=C[C@H](O1)c1ccccc12. The smallest absolute Gasteiger partial charge is 0.138 e. The van der Waals surface area contributed by atoms with Gasteiger partial charge in [-0.05, 0) is 35.3 Å². The van der Waals surface area contributed by atoms with Gasteiger partial charge in [0.25, 0.3) is 0 Å². The molecule has 2 bridgehead atoms. The summed E-state index contributed by atoms with van der Waals surface area (Å²) >= 11 is 0. The minimum absolute atomic E-state index is 0.126. The number of hydrogen-bond acceptors (Lipinski definition) is 1. The van der Waals surface area contributed by atoms with E-state index in [0.29, 0.717) is 0 Å². The van der Waals surface area contributed by atoms with E-state index in [1.807, 2.05) is 0 Å². The average Bonchev–Trinajstić information content (AvgIpc) is 2.98. The van der Waals surface area contributed by atoms with Gasteiger partial charge >= 0.3 is 0 Å². The van der Waals surface area contributed by atoms with Gasteiger partial charge in [0.2, 0.25) is 0 Å². The first-order valence-corrected chi connectivity index (χ1v) is 6.34. The molecule has 0 N–H and O–H groups in total. The van der Waals surface area contributed by atoms with Crippen LogP contribution in [0, 0.1) is 6.92 Å². The number of ether oxygens (including phenoxy) is 1. The Morgan fingerprint density at radius 3 is 2.50 bits per heavy atom. The van der Waals surface area contributed by atoms with E-state index in [2.05, 4.69) is 67.6 Å². The van der Waals surface area contributed by atoms with Crippen molar-refractivity contribution in [3.8, 4) is 0 Å². The van der Waals surface area contributed by atoms with Crippen LogP contribution in [0.2, 0.25) is 0 Å². The fourth-order valence-corrected chi connectivity index (χ4v) is 3.19. The number of aryl methyl sites for hydroxylation is 1. The van der Waals surface area contributed by atoms with Gasteiger partial charge in [0.15, 0.2) is 0 Å². The molecule has 0 aliphatic carbocycles. The average molecular weight is 234 g/mol. The van der Waals surface area contributed by atoms with Crippen molar-refractivity contribution in [1.29, 1.82) is 0 Å². The summed E-state index contributed by atoms with van der Waals surface area (Å²) < 4.78 is 6.29. The van der Waals surface area contributed by atoms with Gasteiger partial charge in [-0.3, -0.25) is 0 Å². The van der Waals surface area contributed by atoms with Gasteiger partial charge in [0, 0.05) is 0 Å². The quantitative estimate of drug-likeness (QED) is 0.680. The van der Waals surface area contributed by atoms with Gasteiger partial charge in [-0.15, -0.1) is 0 Å². The summed E-state index contributed by atoms with van der Waals surface area (Å²) in [6.07, 6.45) is 4.51. The van der Waals surface area contributed by atoms with E-state index >= 15 is 0 Å². The lowest BCUT2D eigenvalue weighted by Gasteiger charge is -2.26. The molecule has 2 aliphatic rings. The van der Waals surface area contributed by atoms with Crippen LogP contribution in [0.25, 0.3) is 0 Å². The molecule has 2 atom stereocenters. The summed E-state index contributed by atoms with van der Waals surface area (Å²) in [6, 6.07) is 17.0. The Balaban J connectivity index is 2.01. The first-order chi connectivity index (χ1) is 8.81. The molecule has 2 aromatic rings. The predicted molar refractivity (Wildman–Crippen MR) is 71.4 cm³/mol. The number of benzene rings is 2. The molecule has 0 fully saturated rings. The lowest BCUT2D eigenvalue weighted by molar-refractivity contribution is 0.0266. The van der Waals surface area contributed by atoms with Gasteiger partial charge in [0.1, 0.15) is 11.7 Å². The monoisotopic (exact) mass is 234 g/mol. The van der Waals surface area contributed by atoms with E-state index in [-0.39, 0.29) is 11.7 Å². The number of fused-ring (bicyclic) bond motifs is 5. The van der Waals surface area contributed by atoms with Crippen LogP contribution in [-0.2, 0) is 10.3 Å². The standard InChI is InChI=1S/C17H14O/c1-12-6-2-4-8-14(12)17-11-10-16(18-17)13-7-3-5-9-15(13)17/h2-11,16H,1H3/t16-,17-/m0/s1. The Kier molecular flexibility index (Phi) is 1.87. The van der Waals surface area contributed by atoms with Crippen molar-refractivity contribution in [2.45, 2.75) is 18.6 Å². The molecule has 1 heteroatoms. The molecule has 1 nitrogen and oxygen atoms in total. The highest BCUT2D eigenvalue weighted by Gasteiger charge is 2.48. The summed E-state index contributed by atoms with van der Waals surface area (Å²) in [7, 11) is 0. The zero-order valence-electron chi connectivity index (χ0n) is 10.3. The van der Waals surface area contributed by atoms with Crippen molar-refractivity contribution < 1.29 is 4.74 Å². The van der Waals surface area contributed by atoms with E-state index in [9.17, 15) is 0 Å². The highest BCUT2D eigenvalue weighted by molar-refractivity contribution is 5.55. The second-order valence-electron chi connectivity index (χ2n) is 5.04. The molecular weight excluding hydrogens is 220 g/mol. The van der Waals surface area contributed by atoms with Crippen LogP contribution >= 0.6 is 0 Å². The first kappa shape index (κ1) is 10.1. The molecule has 0 saturated carbocycles. The molecule has 0 saturated heterocycles. The second-order valence-corrected chi connectivity index (χ2v) is 5.04. The normalized spacial score (nSPS) is 27.5. The fourth-order valence-electron chi connectivity index (χ4n) is 3.19. The van der Waals surface area contributed by atoms with Gasteiger partial charge in [-0.1, -0.05) is 54.6 Å². The van der Waals surface area contributed by atoms with Gasteiger partial charge in [0.05, 0.1) is 0 Å². The third-order valence-electron chi connectivity index (χ3n) is 4.03. The predicted octanol–water partition coefficient (Wildman–Crippen LogP) is 3.88. The second kappa shape index (κ2) is 3.33. The van der Waals surface area contributed by atoms with Crippen molar-refractivity contribution in [2.24, 2.45) is 0 Å². The molecule has 18 heavy (non-hydrogen) atoms. The van der Waals surface area contributed by atoms with E-state index in [0.717, 1.165) is 0 Å². The fraction of sp³-hybridized carbons (Fsp3) is 0.176. The Bertz CT molecular complexity index is 656. The molecule has 88 valence electrons. The van der Waals surface area contributed by atoms with E-state index in [1.165, 1.54) is 22.3 Å². The Hall–Kier alpha value is -1.86. The van der Waals surface area contributed by atoms with Crippen LogP contribution in [-0.4, -0.2) is 0 Å². The summed E-state index contributed by atoms with van der Waals surface area (Å²) in [5.74, 6) is 0. The molecule has 0 radical (unpaired) electrons. The van der Waals surface area contributed by atoms with Crippen molar-refractivity contribution in [3.05, 3.63) is 82.9 Å². The summed E-state index contributed by atoms with van der Waals surface area (Å²) in [6.45, 7) is 2.15. The minimum atomic E-state index is -0.355. The third kappa shape index (κ3) is 1.10. The third-order valence-corrected chi connectivity index (χ3v) is 4.03. The highest BCUT2D eigenvalue weighted by atomic mass is 16.5. The largest absolute Gasteiger partial charge is 0.349 e. The summed E-state index contributed by atoms with van der Waals surface area (Å²) in [5.41, 5.74) is 4.79. The molecule has 0 amide bonds. The molecule has 0 unspecified atom stereocenters. The molecule has 0 aromatic heterocycles. The number of hydrogen-bond donors (Lipinski definition) is 0. The van der Waals surface area contributed by atoms with Crippen molar-refractivity contribution in [2.75, 3.05) is 0 Å². The molecule has 0 spiro atoms. The van der Waals surface area contributed by atoms with Crippen LogP contribution < -0.4 is 0 Å². The Morgan fingerprint density at radius 2 is 1.67 bits per heavy atom. The van der Waals surface area contributed by atoms with Gasteiger partial charge in [-0.2, -0.15) is 0 Å². The molecular formula is C17H14O. The Labute approximate surface area is 107 Å². The van der Waals surface area contributed by atoms with E-state index in [4.69, 9.17) is 4.74 Å². The molecule has 2 aromatic carbocycles. The summed E-state index contributed by atoms with van der Waals surface area (Å²) in [5, 5.41) is 0. The zero-order chi connectivity index (χ0) is 12.2. The minimum Gasteiger partial charge on any atom is -0.349 e. The van der Waals surface area contributed by atoms with Crippen LogP contribution in [0.15, 0.2) is 60.7 Å². The maximum atomic E-state index is 6.29. The first-order valence-electron chi connectivity index (χ1n) is 6.34. The van der Waals surface area contributed by atoms with E-state index in [1.54, 1.807) is 0 Å². The van der Waals surface area contributed by atoms with Crippen molar-refractivity contribution in [1.82, 2.24) is 0 Å². The lowest BCUT2D eigenvalue weighted by atomic mass is 9.80. The van der Waals surface area contributed by atoms with E-state index < -0.39 is 0 Å². The van der Waals surface area contributed by atoms with Gasteiger partial charge in [-0.25, -0.2) is 0 Å². The maximum absolute atomic E-state index is 6.29. The van der Waals surface area contributed by atoms with Crippen molar-refractivity contribution >= 4 is 0 Å². The van der Waals surface area contributed by atoms with Crippen LogP contribution in [0.1, 0.15) is 28.4 Å².